The Morgan fingerprint density at radius 3 is 2.66 bits per heavy atom. The monoisotopic (exact) mass is 643 g/mol. The van der Waals surface area contributed by atoms with Gasteiger partial charge in [0, 0.05) is 15.6 Å². The van der Waals surface area contributed by atoms with Gasteiger partial charge in [0.15, 0.2) is 0 Å². The quantitative estimate of drug-likeness (QED) is 0.159. The van der Waals surface area contributed by atoms with Gasteiger partial charge in [-0.15, -0.1) is 0 Å². The number of nitrogens with zero attached hydrogens (tertiary/aromatic N) is 1. The number of furan rings is 1. The number of methoxy groups -OCH3 is 1. The molecular formula is C24H16Cl2INO6S. The lowest BCUT2D eigenvalue weighted by Gasteiger charge is -2.11. The van der Waals surface area contributed by atoms with Gasteiger partial charge in [0.2, 0.25) is 5.76 Å². The van der Waals surface area contributed by atoms with Gasteiger partial charge in [0.1, 0.15) is 18.1 Å². The number of thioether (sulfide) groups is 1. The molecule has 180 valence electrons. The molecule has 1 aliphatic rings. The normalized spacial score (nSPS) is 14.6. The molecule has 1 saturated heterocycles. The summed E-state index contributed by atoms with van der Waals surface area (Å²) in [7, 11) is 1.24. The van der Waals surface area contributed by atoms with E-state index in [-0.39, 0.29) is 23.8 Å². The molecule has 0 bridgehead atoms. The summed E-state index contributed by atoms with van der Waals surface area (Å²) >= 11 is 15.1. The SMILES string of the molecule is COC(=O)c1ccc(CN2C(=O)S/C(=C/c3ccc(OCc4ccc(Cl)cc4Cl)c(I)c3)C2=O)o1. The van der Waals surface area contributed by atoms with E-state index in [1.807, 2.05) is 6.07 Å². The minimum Gasteiger partial charge on any atom is -0.488 e. The molecule has 1 aliphatic heterocycles. The van der Waals surface area contributed by atoms with Gasteiger partial charge in [0.05, 0.1) is 22.1 Å². The molecule has 4 rings (SSSR count). The van der Waals surface area contributed by atoms with Crippen LogP contribution in [0.1, 0.15) is 27.4 Å². The van der Waals surface area contributed by atoms with Gasteiger partial charge in [-0.2, -0.15) is 0 Å². The first kappa shape index (κ1) is 25.6. The second-order valence-electron chi connectivity index (χ2n) is 7.24. The van der Waals surface area contributed by atoms with Crippen LogP contribution in [0.15, 0.2) is 57.9 Å². The number of hydrogen-bond donors (Lipinski definition) is 0. The number of esters is 1. The molecule has 2 heterocycles. The highest BCUT2D eigenvalue weighted by molar-refractivity contribution is 14.1. The van der Waals surface area contributed by atoms with Crippen LogP contribution < -0.4 is 4.74 Å². The lowest BCUT2D eigenvalue weighted by molar-refractivity contribution is -0.123. The second-order valence-corrected chi connectivity index (χ2v) is 10.2. The van der Waals surface area contributed by atoms with Gasteiger partial charge < -0.3 is 13.9 Å². The van der Waals surface area contributed by atoms with Crippen molar-refractivity contribution in [2.24, 2.45) is 0 Å². The minimum atomic E-state index is -0.636. The number of amides is 2. The van der Waals surface area contributed by atoms with Gasteiger partial charge in [-0.05, 0) is 82.4 Å². The molecule has 7 nitrogen and oxygen atoms in total. The Hall–Kier alpha value is -2.47. The van der Waals surface area contributed by atoms with Crippen molar-refractivity contribution in [1.29, 1.82) is 0 Å². The molecule has 3 aromatic rings. The van der Waals surface area contributed by atoms with E-state index >= 15 is 0 Å². The van der Waals surface area contributed by atoms with Gasteiger partial charge >= 0.3 is 5.97 Å². The number of halogens is 3. The van der Waals surface area contributed by atoms with Crippen molar-refractivity contribution in [3.05, 3.63) is 89.7 Å². The van der Waals surface area contributed by atoms with Crippen LogP contribution in [0.4, 0.5) is 4.79 Å². The Labute approximate surface area is 228 Å². The summed E-state index contributed by atoms with van der Waals surface area (Å²) < 4.78 is 16.7. The number of carbonyl (C=O) groups excluding carboxylic acids is 3. The number of imide groups is 1. The van der Waals surface area contributed by atoms with Crippen LogP contribution in [0.25, 0.3) is 6.08 Å². The topological polar surface area (TPSA) is 86.0 Å². The highest BCUT2D eigenvalue weighted by atomic mass is 127. The lowest BCUT2D eigenvalue weighted by Crippen LogP contribution is -2.27. The fraction of sp³-hybridized carbons (Fsp3) is 0.125. The van der Waals surface area contributed by atoms with E-state index in [1.165, 1.54) is 19.2 Å². The number of ether oxygens (including phenoxy) is 2. The molecule has 0 saturated carbocycles. The van der Waals surface area contributed by atoms with Crippen LogP contribution in [0.3, 0.4) is 0 Å². The summed E-state index contributed by atoms with van der Waals surface area (Å²) in [6.45, 7) is 0.186. The molecule has 0 N–H and O–H groups in total. The fourth-order valence-electron chi connectivity index (χ4n) is 3.13. The largest absolute Gasteiger partial charge is 0.488 e. The average molecular weight is 644 g/mol. The van der Waals surface area contributed by atoms with Gasteiger partial charge in [-0.3, -0.25) is 14.5 Å². The van der Waals surface area contributed by atoms with Crippen LogP contribution in [0, 0.1) is 3.57 Å². The average Bonchev–Trinajstić information content (AvgIpc) is 3.39. The van der Waals surface area contributed by atoms with Crippen LogP contribution >= 0.6 is 57.6 Å². The standard InChI is InChI=1S/C24H16Cl2INO6S/c1-32-23(30)20-7-5-16(34-20)11-28-22(29)21(35-24(28)31)9-13-2-6-19(18(27)8-13)33-12-14-3-4-15(25)10-17(14)26/h2-10H,11-12H2,1H3/b21-9+. The first-order valence-corrected chi connectivity index (χ1v) is 12.7. The molecule has 0 atom stereocenters. The summed E-state index contributed by atoms with van der Waals surface area (Å²) in [5, 5.41) is 0.653. The third-order valence-corrected chi connectivity index (χ3v) is 7.23. The predicted octanol–water partition coefficient (Wildman–Crippen LogP) is 6.79. The molecule has 1 aromatic heterocycles. The van der Waals surface area contributed by atoms with Crippen molar-refractivity contribution < 1.29 is 28.3 Å². The number of rotatable bonds is 7. The van der Waals surface area contributed by atoms with E-state index in [0.29, 0.717) is 21.6 Å². The van der Waals surface area contributed by atoms with E-state index in [0.717, 1.165) is 31.4 Å². The number of carbonyl (C=O) groups is 3. The molecule has 0 aliphatic carbocycles. The van der Waals surface area contributed by atoms with Crippen molar-refractivity contribution in [3.8, 4) is 5.75 Å². The van der Waals surface area contributed by atoms with E-state index in [1.54, 1.807) is 36.4 Å². The molecule has 1 fully saturated rings. The van der Waals surface area contributed by atoms with Crippen molar-refractivity contribution in [1.82, 2.24) is 4.90 Å². The molecule has 35 heavy (non-hydrogen) atoms. The van der Waals surface area contributed by atoms with Crippen LogP contribution in [0.5, 0.6) is 5.75 Å². The first-order valence-electron chi connectivity index (χ1n) is 10.0. The Morgan fingerprint density at radius 2 is 1.94 bits per heavy atom. The van der Waals surface area contributed by atoms with Crippen molar-refractivity contribution in [2.75, 3.05) is 7.11 Å². The third-order valence-electron chi connectivity index (χ3n) is 4.89. The number of benzene rings is 2. The van der Waals surface area contributed by atoms with Gasteiger partial charge in [-0.25, -0.2) is 4.79 Å². The Morgan fingerprint density at radius 1 is 1.14 bits per heavy atom. The van der Waals surface area contributed by atoms with Crippen molar-refractivity contribution >= 4 is 80.7 Å². The zero-order valence-corrected chi connectivity index (χ0v) is 22.5. The second kappa shape index (κ2) is 11.1. The third kappa shape index (κ3) is 6.03. The lowest BCUT2D eigenvalue weighted by atomic mass is 10.2. The highest BCUT2D eigenvalue weighted by Crippen LogP contribution is 2.34. The first-order chi connectivity index (χ1) is 16.7. The van der Waals surface area contributed by atoms with E-state index in [9.17, 15) is 14.4 Å². The molecule has 2 aromatic carbocycles. The number of hydrogen-bond acceptors (Lipinski definition) is 7. The summed E-state index contributed by atoms with van der Waals surface area (Å²) in [5.41, 5.74) is 1.54. The smallest absolute Gasteiger partial charge is 0.373 e. The minimum absolute atomic E-state index is 0.000214. The van der Waals surface area contributed by atoms with Crippen molar-refractivity contribution in [2.45, 2.75) is 13.2 Å². The Balaban J connectivity index is 1.44. The molecule has 0 unspecified atom stereocenters. The summed E-state index contributed by atoms with van der Waals surface area (Å²) in [6, 6.07) is 13.6. The molecular weight excluding hydrogens is 628 g/mol. The molecule has 0 radical (unpaired) electrons. The van der Waals surface area contributed by atoms with Crippen LogP contribution in [0.2, 0.25) is 10.0 Å². The van der Waals surface area contributed by atoms with E-state index in [4.69, 9.17) is 32.4 Å². The van der Waals surface area contributed by atoms with Crippen LogP contribution in [-0.4, -0.2) is 29.1 Å². The summed E-state index contributed by atoms with van der Waals surface area (Å²) in [6.07, 6.45) is 1.65. The maximum Gasteiger partial charge on any atom is 0.373 e. The summed E-state index contributed by atoms with van der Waals surface area (Å²) in [4.78, 5) is 38.1. The van der Waals surface area contributed by atoms with Crippen molar-refractivity contribution in [3.63, 3.8) is 0 Å². The predicted molar refractivity (Wildman–Crippen MR) is 142 cm³/mol. The molecule has 0 spiro atoms. The zero-order chi connectivity index (χ0) is 25.1. The molecule has 11 heteroatoms. The summed E-state index contributed by atoms with van der Waals surface area (Å²) in [5.74, 6) is -0.126. The Bertz CT molecular complexity index is 1360. The van der Waals surface area contributed by atoms with Gasteiger partial charge in [-0.1, -0.05) is 35.3 Å². The van der Waals surface area contributed by atoms with E-state index < -0.39 is 17.1 Å². The maximum absolute atomic E-state index is 12.8. The Kier molecular flexibility index (Phi) is 8.10. The van der Waals surface area contributed by atoms with E-state index in [2.05, 4.69) is 27.3 Å². The fourth-order valence-corrected chi connectivity index (χ4v) is 5.13. The maximum atomic E-state index is 12.8. The van der Waals surface area contributed by atoms with Crippen LogP contribution in [-0.2, 0) is 22.7 Å². The highest BCUT2D eigenvalue weighted by Gasteiger charge is 2.35. The molecule has 2 amide bonds. The zero-order valence-electron chi connectivity index (χ0n) is 18.0. The van der Waals surface area contributed by atoms with Gasteiger partial charge in [0.25, 0.3) is 11.1 Å².